The van der Waals surface area contributed by atoms with Crippen LogP contribution in [-0.2, 0) is 4.79 Å². The number of hydrogen-bond acceptors (Lipinski definition) is 5. The standard InChI is InChI=1S/C13H13N3O2S/c1-7(17)15-9-3-4-10-8(5-9)6-11(19)12(13(10)18)16-14-2/h3-6,18-19H,1-2H3,(H,15,17). The summed E-state index contributed by atoms with van der Waals surface area (Å²) in [5.74, 6) is -0.117. The zero-order chi connectivity index (χ0) is 14.0. The molecule has 0 heterocycles. The number of hydrogen-bond donors (Lipinski definition) is 3. The predicted molar refractivity (Wildman–Crippen MR) is 77.6 cm³/mol. The Kier molecular flexibility index (Phi) is 3.71. The number of fused-ring (bicyclic) bond motifs is 1. The molecular weight excluding hydrogens is 262 g/mol. The summed E-state index contributed by atoms with van der Waals surface area (Å²) in [4.78, 5) is 11.5. The van der Waals surface area contributed by atoms with Crippen molar-refractivity contribution >= 4 is 40.7 Å². The number of rotatable bonds is 2. The van der Waals surface area contributed by atoms with Crippen LogP contribution in [0, 0.1) is 0 Å². The first-order valence-electron chi connectivity index (χ1n) is 5.59. The molecule has 0 bridgehead atoms. The quantitative estimate of drug-likeness (QED) is 0.579. The number of carbonyl (C=O) groups excluding carboxylic acids is 1. The van der Waals surface area contributed by atoms with Gasteiger partial charge in [0.2, 0.25) is 5.91 Å². The van der Waals surface area contributed by atoms with Gasteiger partial charge >= 0.3 is 0 Å². The fraction of sp³-hybridized carbons (Fsp3) is 0.154. The number of phenolic OH excluding ortho intramolecular Hbond substituents is 1. The summed E-state index contributed by atoms with van der Waals surface area (Å²) in [5.41, 5.74) is 1.00. The van der Waals surface area contributed by atoms with Gasteiger partial charge < -0.3 is 10.4 Å². The number of benzene rings is 2. The number of amides is 1. The summed E-state index contributed by atoms with van der Waals surface area (Å²) in [6, 6.07) is 6.98. The van der Waals surface area contributed by atoms with Gasteiger partial charge in [-0.2, -0.15) is 10.2 Å². The van der Waals surface area contributed by atoms with Crippen molar-refractivity contribution in [3.63, 3.8) is 0 Å². The fourth-order valence-corrected chi connectivity index (χ4v) is 2.13. The largest absolute Gasteiger partial charge is 0.505 e. The zero-order valence-electron chi connectivity index (χ0n) is 10.5. The van der Waals surface area contributed by atoms with Crippen LogP contribution in [0.4, 0.5) is 11.4 Å². The van der Waals surface area contributed by atoms with Crippen LogP contribution < -0.4 is 5.32 Å². The van der Waals surface area contributed by atoms with Crippen LogP contribution in [0.2, 0.25) is 0 Å². The molecule has 2 aromatic carbocycles. The molecule has 0 unspecified atom stereocenters. The van der Waals surface area contributed by atoms with E-state index in [1.54, 1.807) is 24.3 Å². The molecule has 0 saturated carbocycles. The Morgan fingerprint density at radius 3 is 2.74 bits per heavy atom. The van der Waals surface area contributed by atoms with Gasteiger partial charge in [-0.25, -0.2) is 0 Å². The third-order valence-electron chi connectivity index (χ3n) is 2.59. The Balaban J connectivity index is 2.63. The van der Waals surface area contributed by atoms with Gasteiger partial charge in [-0.3, -0.25) is 4.79 Å². The second-order valence-electron chi connectivity index (χ2n) is 4.01. The SMILES string of the molecule is CN=Nc1c(S)cc2cc(NC(C)=O)ccc2c1O. The molecule has 0 aliphatic heterocycles. The highest BCUT2D eigenvalue weighted by molar-refractivity contribution is 7.80. The molecule has 0 aliphatic carbocycles. The van der Waals surface area contributed by atoms with Crippen molar-refractivity contribution in [2.45, 2.75) is 11.8 Å². The predicted octanol–water partition coefficient (Wildman–Crippen LogP) is 3.51. The number of aromatic hydroxyl groups is 1. The summed E-state index contributed by atoms with van der Waals surface area (Å²) in [6.07, 6.45) is 0. The number of anilines is 1. The number of thiol groups is 1. The van der Waals surface area contributed by atoms with Gasteiger partial charge in [0.1, 0.15) is 5.69 Å². The lowest BCUT2D eigenvalue weighted by atomic mass is 10.1. The number of carbonyl (C=O) groups is 1. The minimum absolute atomic E-state index is 0.0301. The van der Waals surface area contributed by atoms with Crippen molar-refractivity contribution in [2.24, 2.45) is 10.2 Å². The van der Waals surface area contributed by atoms with E-state index in [1.807, 2.05) is 0 Å². The number of phenols is 1. The molecular formula is C13H13N3O2S. The highest BCUT2D eigenvalue weighted by Gasteiger charge is 2.11. The van der Waals surface area contributed by atoms with E-state index in [0.29, 0.717) is 21.7 Å². The Morgan fingerprint density at radius 1 is 1.37 bits per heavy atom. The van der Waals surface area contributed by atoms with Gasteiger partial charge in [0.25, 0.3) is 0 Å². The topological polar surface area (TPSA) is 74.0 Å². The maximum atomic E-state index is 11.0. The summed E-state index contributed by atoms with van der Waals surface area (Å²) < 4.78 is 0. The Hall–Kier alpha value is -2.08. The minimum atomic E-state index is -0.147. The Bertz CT molecular complexity index is 683. The highest BCUT2D eigenvalue weighted by atomic mass is 32.1. The molecule has 19 heavy (non-hydrogen) atoms. The number of nitrogens with zero attached hydrogens (tertiary/aromatic N) is 2. The molecule has 6 heteroatoms. The average Bonchev–Trinajstić information content (AvgIpc) is 2.33. The van der Waals surface area contributed by atoms with Gasteiger partial charge in [-0.1, -0.05) is 0 Å². The van der Waals surface area contributed by atoms with Crippen LogP contribution in [-0.4, -0.2) is 18.1 Å². The number of azo groups is 1. The third-order valence-corrected chi connectivity index (χ3v) is 2.93. The van der Waals surface area contributed by atoms with Crippen LogP contribution >= 0.6 is 12.6 Å². The maximum absolute atomic E-state index is 11.0. The van der Waals surface area contributed by atoms with Crippen LogP contribution in [0.25, 0.3) is 10.8 Å². The average molecular weight is 275 g/mol. The van der Waals surface area contributed by atoms with E-state index in [2.05, 4.69) is 28.2 Å². The highest BCUT2D eigenvalue weighted by Crippen LogP contribution is 2.40. The van der Waals surface area contributed by atoms with Crippen molar-refractivity contribution < 1.29 is 9.90 Å². The molecule has 0 aromatic heterocycles. The number of nitrogens with one attached hydrogen (secondary N) is 1. The molecule has 5 nitrogen and oxygen atoms in total. The molecule has 0 aliphatic rings. The Morgan fingerprint density at radius 2 is 2.11 bits per heavy atom. The molecule has 98 valence electrons. The van der Waals surface area contributed by atoms with Crippen LogP contribution in [0.3, 0.4) is 0 Å². The lowest BCUT2D eigenvalue weighted by Crippen LogP contribution is -2.05. The van der Waals surface area contributed by atoms with E-state index in [-0.39, 0.29) is 11.7 Å². The summed E-state index contributed by atoms with van der Waals surface area (Å²) in [7, 11) is 1.52. The second kappa shape index (κ2) is 5.27. The van der Waals surface area contributed by atoms with Crippen LogP contribution in [0.15, 0.2) is 39.4 Å². The first kappa shape index (κ1) is 13.4. The van der Waals surface area contributed by atoms with Gasteiger partial charge in [-0.15, -0.1) is 12.6 Å². The van der Waals surface area contributed by atoms with Crippen molar-refractivity contribution in [3.8, 4) is 5.75 Å². The molecule has 0 spiro atoms. The van der Waals surface area contributed by atoms with Crippen molar-refractivity contribution in [1.29, 1.82) is 0 Å². The zero-order valence-corrected chi connectivity index (χ0v) is 11.4. The fourth-order valence-electron chi connectivity index (χ4n) is 1.84. The first-order chi connectivity index (χ1) is 9.02. The molecule has 0 fully saturated rings. The van der Waals surface area contributed by atoms with Gasteiger partial charge in [0, 0.05) is 29.9 Å². The summed E-state index contributed by atoms with van der Waals surface area (Å²) >= 11 is 4.28. The van der Waals surface area contributed by atoms with Gasteiger partial charge in [-0.05, 0) is 29.7 Å². The van der Waals surface area contributed by atoms with Crippen molar-refractivity contribution in [1.82, 2.24) is 0 Å². The molecule has 0 radical (unpaired) electrons. The molecule has 2 N–H and O–H groups in total. The van der Waals surface area contributed by atoms with E-state index in [9.17, 15) is 9.90 Å². The molecule has 2 rings (SSSR count). The normalized spacial score (nSPS) is 11.1. The Labute approximate surface area is 115 Å². The monoisotopic (exact) mass is 275 g/mol. The first-order valence-corrected chi connectivity index (χ1v) is 6.03. The van der Waals surface area contributed by atoms with Crippen molar-refractivity contribution in [2.75, 3.05) is 12.4 Å². The van der Waals surface area contributed by atoms with E-state index in [0.717, 1.165) is 5.39 Å². The molecule has 0 saturated heterocycles. The van der Waals surface area contributed by atoms with E-state index < -0.39 is 0 Å². The van der Waals surface area contributed by atoms with E-state index in [1.165, 1.54) is 14.0 Å². The molecule has 1 amide bonds. The minimum Gasteiger partial charge on any atom is -0.505 e. The summed E-state index contributed by atoms with van der Waals surface area (Å²) in [6.45, 7) is 1.44. The summed E-state index contributed by atoms with van der Waals surface area (Å²) in [5, 5.41) is 21.7. The van der Waals surface area contributed by atoms with E-state index >= 15 is 0 Å². The van der Waals surface area contributed by atoms with Crippen LogP contribution in [0.5, 0.6) is 5.75 Å². The van der Waals surface area contributed by atoms with Gasteiger partial charge in [0.05, 0.1) is 0 Å². The smallest absolute Gasteiger partial charge is 0.221 e. The van der Waals surface area contributed by atoms with Crippen molar-refractivity contribution in [3.05, 3.63) is 24.3 Å². The molecule has 0 atom stereocenters. The lowest BCUT2D eigenvalue weighted by molar-refractivity contribution is -0.114. The lowest BCUT2D eigenvalue weighted by Gasteiger charge is -2.09. The van der Waals surface area contributed by atoms with Crippen LogP contribution in [0.1, 0.15) is 6.92 Å². The second-order valence-corrected chi connectivity index (χ2v) is 4.49. The maximum Gasteiger partial charge on any atom is 0.221 e. The van der Waals surface area contributed by atoms with Gasteiger partial charge in [0.15, 0.2) is 5.75 Å². The molecule has 2 aromatic rings. The van der Waals surface area contributed by atoms with E-state index in [4.69, 9.17) is 0 Å². The third kappa shape index (κ3) is 2.68.